The first-order valence-corrected chi connectivity index (χ1v) is 6.03. The predicted molar refractivity (Wildman–Crippen MR) is 63.1 cm³/mol. The fraction of sp³-hybridized carbons (Fsp3) is 0.545. The zero-order chi connectivity index (χ0) is 11.4. The monoisotopic (exact) mass is 273 g/mol. The van der Waals surface area contributed by atoms with Crippen LogP contribution in [0.3, 0.4) is 0 Å². The molecule has 2 unspecified atom stereocenters. The molecule has 3 nitrogen and oxygen atoms in total. The van der Waals surface area contributed by atoms with Gasteiger partial charge in [-0.25, -0.2) is 0 Å². The van der Waals surface area contributed by atoms with Gasteiger partial charge < -0.3 is 10.2 Å². The molecule has 4 heteroatoms. The first-order valence-electron chi connectivity index (χ1n) is 4.91. The van der Waals surface area contributed by atoms with Gasteiger partial charge in [-0.3, -0.25) is 4.98 Å². The van der Waals surface area contributed by atoms with E-state index in [0.29, 0.717) is 17.4 Å². The SMILES string of the molecule is Cc1cnc(C(O)C(O)CCBr)c(C)c1. The number of hydrogen-bond acceptors (Lipinski definition) is 3. The summed E-state index contributed by atoms with van der Waals surface area (Å²) in [4.78, 5) is 4.16. The van der Waals surface area contributed by atoms with Crippen LogP contribution in [0, 0.1) is 13.8 Å². The standard InChI is InChI=1S/C11H16BrNO2/c1-7-5-8(2)10(13-6-7)11(15)9(14)3-4-12/h5-6,9,11,14-15H,3-4H2,1-2H3. The van der Waals surface area contributed by atoms with Crippen LogP contribution in [0.5, 0.6) is 0 Å². The van der Waals surface area contributed by atoms with Gasteiger partial charge in [-0.15, -0.1) is 0 Å². The highest BCUT2D eigenvalue weighted by Crippen LogP contribution is 2.21. The molecule has 0 radical (unpaired) electrons. The third-order valence-electron chi connectivity index (χ3n) is 2.30. The van der Waals surface area contributed by atoms with Crippen LogP contribution in [0.2, 0.25) is 0 Å². The average molecular weight is 274 g/mol. The van der Waals surface area contributed by atoms with Crippen molar-refractivity contribution in [1.82, 2.24) is 4.98 Å². The molecule has 0 spiro atoms. The fourth-order valence-corrected chi connectivity index (χ4v) is 1.96. The second kappa shape index (κ2) is 5.58. The molecule has 2 atom stereocenters. The van der Waals surface area contributed by atoms with E-state index >= 15 is 0 Å². The van der Waals surface area contributed by atoms with Crippen molar-refractivity contribution in [2.75, 3.05) is 5.33 Å². The smallest absolute Gasteiger partial charge is 0.122 e. The Hall–Kier alpha value is -0.450. The Morgan fingerprint density at radius 3 is 2.60 bits per heavy atom. The van der Waals surface area contributed by atoms with Gasteiger partial charge in [0.05, 0.1) is 11.8 Å². The summed E-state index contributed by atoms with van der Waals surface area (Å²) in [6.07, 6.45) is 0.546. The topological polar surface area (TPSA) is 53.4 Å². The van der Waals surface area contributed by atoms with Gasteiger partial charge in [0.15, 0.2) is 0 Å². The van der Waals surface area contributed by atoms with E-state index in [1.807, 2.05) is 19.9 Å². The normalized spacial score (nSPS) is 15.0. The number of alkyl halides is 1. The number of hydrogen-bond donors (Lipinski definition) is 2. The highest BCUT2D eigenvalue weighted by molar-refractivity contribution is 9.09. The number of pyridine rings is 1. The summed E-state index contributed by atoms with van der Waals surface area (Å²) >= 11 is 3.23. The van der Waals surface area contributed by atoms with Crippen molar-refractivity contribution < 1.29 is 10.2 Å². The maximum Gasteiger partial charge on any atom is 0.122 e. The van der Waals surface area contributed by atoms with E-state index < -0.39 is 12.2 Å². The molecular weight excluding hydrogens is 258 g/mol. The minimum Gasteiger partial charge on any atom is -0.390 e. The van der Waals surface area contributed by atoms with Crippen molar-refractivity contribution in [2.24, 2.45) is 0 Å². The summed E-state index contributed by atoms with van der Waals surface area (Å²) in [5, 5.41) is 20.2. The summed E-state index contributed by atoms with van der Waals surface area (Å²) in [5.74, 6) is 0. The number of aliphatic hydroxyl groups is 2. The Labute approximate surface area is 98.3 Å². The van der Waals surface area contributed by atoms with Gasteiger partial charge in [0.1, 0.15) is 6.10 Å². The molecule has 2 N–H and O–H groups in total. The molecule has 0 bridgehead atoms. The maximum atomic E-state index is 9.86. The van der Waals surface area contributed by atoms with E-state index in [-0.39, 0.29) is 0 Å². The van der Waals surface area contributed by atoms with E-state index in [0.717, 1.165) is 11.1 Å². The number of nitrogens with zero attached hydrogens (tertiary/aromatic N) is 1. The highest BCUT2D eigenvalue weighted by atomic mass is 79.9. The van der Waals surface area contributed by atoms with Crippen molar-refractivity contribution >= 4 is 15.9 Å². The van der Waals surface area contributed by atoms with Crippen LogP contribution in [-0.4, -0.2) is 26.6 Å². The lowest BCUT2D eigenvalue weighted by molar-refractivity contribution is 0.0144. The second-order valence-electron chi connectivity index (χ2n) is 3.70. The Morgan fingerprint density at radius 2 is 2.07 bits per heavy atom. The molecule has 0 aliphatic carbocycles. The van der Waals surface area contributed by atoms with Gasteiger partial charge in [-0.2, -0.15) is 0 Å². The molecule has 1 rings (SSSR count). The van der Waals surface area contributed by atoms with Gasteiger partial charge >= 0.3 is 0 Å². The first kappa shape index (κ1) is 12.6. The maximum absolute atomic E-state index is 9.86. The Balaban J connectivity index is 2.86. The number of aliphatic hydroxyl groups excluding tert-OH is 2. The van der Waals surface area contributed by atoms with Crippen molar-refractivity contribution in [3.63, 3.8) is 0 Å². The Kier molecular flexibility index (Phi) is 4.70. The van der Waals surface area contributed by atoms with Gasteiger partial charge in [0.25, 0.3) is 0 Å². The molecule has 1 heterocycles. The fourth-order valence-electron chi connectivity index (χ4n) is 1.49. The summed E-state index contributed by atoms with van der Waals surface area (Å²) in [6.45, 7) is 3.84. The lowest BCUT2D eigenvalue weighted by atomic mass is 10.0. The van der Waals surface area contributed by atoms with Gasteiger partial charge in [0.2, 0.25) is 0 Å². The van der Waals surface area contributed by atoms with E-state index in [1.54, 1.807) is 6.20 Å². The second-order valence-corrected chi connectivity index (χ2v) is 4.50. The number of aryl methyl sites for hydroxylation is 2. The molecule has 0 fully saturated rings. The molecule has 1 aromatic heterocycles. The van der Waals surface area contributed by atoms with Crippen LogP contribution < -0.4 is 0 Å². The van der Waals surface area contributed by atoms with Crippen LogP contribution in [0.4, 0.5) is 0 Å². The van der Waals surface area contributed by atoms with Gasteiger partial charge in [0, 0.05) is 11.5 Å². The molecule has 0 aliphatic rings. The molecule has 0 aliphatic heterocycles. The summed E-state index contributed by atoms with van der Waals surface area (Å²) in [6, 6.07) is 1.95. The largest absolute Gasteiger partial charge is 0.390 e. The molecule has 0 saturated carbocycles. The minimum absolute atomic E-state index is 0.510. The molecule has 0 saturated heterocycles. The molecule has 15 heavy (non-hydrogen) atoms. The summed E-state index contributed by atoms with van der Waals surface area (Å²) in [5.41, 5.74) is 2.53. The van der Waals surface area contributed by atoms with E-state index in [2.05, 4.69) is 20.9 Å². The van der Waals surface area contributed by atoms with Crippen LogP contribution in [0.1, 0.15) is 29.3 Å². The highest BCUT2D eigenvalue weighted by Gasteiger charge is 2.20. The third kappa shape index (κ3) is 3.26. The third-order valence-corrected chi connectivity index (χ3v) is 2.76. The summed E-state index contributed by atoms with van der Waals surface area (Å²) < 4.78 is 0. The van der Waals surface area contributed by atoms with Crippen molar-refractivity contribution in [3.05, 3.63) is 29.1 Å². The van der Waals surface area contributed by atoms with E-state index in [4.69, 9.17) is 0 Å². The summed E-state index contributed by atoms with van der Waals surface area (Å²) in [7, 11) is 0. The molecular formula is C11H16BrNO2. The molecule has 84 valence electrons. The average Bonchev–Trinajstić information content (AvgIpc) is 2.17. The number of halogens is 1. The van der Waals surface area contributed by atoms with Crippen molar-refractivity contribution in [2.45, 2.75) is 32.5 Å². The zero-order valence-corrected chi connectivity index (χ0v) is 10.5. The lowest BCUT2D eigenvalue weighted by Gasteiger charge is -2.18. The van der Waals surface area contributed by atoms with Crippen LogP contribution in [0.15, 0.2) is 12.3 Å². The number of rotatable bonds is 4. The van der Waals surface area contributed by atoms with Crippen molar-refractivity contribution in [3.8, 4) is 0 Å². The zero-order valence-electron chi connectivity index (χ0n) is 8.94. The van der Waals surface area contributed by atoms with Crippen LogP contribution >= 0.6 is 15.9 Å². The Morgan fingerprint density at radius 1 is 1.40 bits per heavy atom. The predicted octanol–water partition coefficient (Wildman–Crippen LogP) is 1.88. The van der Waals surface area contributed by atoms with E-state index in [9.17, 15) is 10.2 Å². The lowest BCUT2D eigenvalue weighted by Crippen LogP contribution is -2.20. The van der Waals surface area contributed by atoms with Crippen LogP contribution in [0.25, 0.3) is 0 Å². The van der Waals surface area contributed by atoms with Crippen LogP contribution in [-0.2, 0) is 0 Å². The molecule has 0 amide bonds. The molecule has 0 aromatic carbocycles. The number of aromatic nitrogens is 1. The van der Waals surface area contributed by atoms with Gasteiger partial charge in [-0.05, 0) is 31.4 Å². The molecule has 1 aromatic rings. The Bertz CT molecular complexity index is 330. The van der Waals surface area contributed by atoms with Crippen molar-refractivity contribution in [1.29, 1.82) is 0 Å². The van der Waals surface area contributed by atoms with Gasteiger partial charge in [-0.1, -0.05) is 22.0 Å². The minimum atomic E-state index is -0.900. The van der Waals surface area contributed by atoms with E-state index in [1.165, 1.54) is 0 Å². The quantitative estimate of drug-likeness (QED) is 0.824. The first-order chi connectivity index (χ1) is 7.06.